The molecule has 0 aliphatic carbocycles. The Bertz CT molecular complexity index is 1050. The van der Waals surface area contributed by atoms with Crippen LogP contribution in [0.25, 0.3) is 0 Å². The van der Waals surface area contributed by atoms with Crippen LogP contribution in [0.4, 0.5) is 20.2 Å². The molecule has 0 fully saturated rings. The maximum atomic E-state index is 13.7. The van der Waals surface area contributed by atoms with Gasteiger partial charge in [-0.25, -0.2) is 8.78 Å². The van der Waals surface area contributed by atoms with Crippen LogP contribution in [0.15, 0.2) is 47.0 Å². The fraction of sp³-hybridized carbons (Fsp3) is 0.150. The second-order valence-corrected chi connectivity index (χ2v) is 6.14. The number of carbonyl (C=O) groups excluding carboxylic acids is 2. The Morgan fingerprint density at radius 3 is 2.34 bits per heavy atom. The van der Waals surface area contributed by atoms with Crippen LogP contribution in [0.5, 0.6) is 5.75 Å². The number of rotatable bonds is 6. The van der Waals surface area contributed by atoms with Crippen molar-refractivity contribution < 1.29 is 27.6 Å². The van der Waals surface area contributed by atoms with Gasteiger partial charge in [-0.1, -0.05) is 5.16 Å². The van der Waals surface area contributed by atoms with Crippen molar-refractivity contribution in [1.29, 1.82) is 0 Å². The maximum absolute atomic E-state index is 13.7. The zero-order valence-electron chi connectivity index (χ0n) is 15.6. The van der Waals surface area contributed by atoms with Gasteiger partial charge >= 0.3 is 0 Å². The highest BCUT2D eigenvalue weighted by Gasteiger charge is 2.21. The number of amides is 2. The number of hydrogen-bond acceptors (Lipinski definition) is 5. The van der Waals surface area contributed by atoms with E-state index in [9.17, 15) is 18.4 Å². The topological polar surface area (TPSA) is 93.5 Å². The molecule has 2 aromatic carbocycles. The van der Waals surface area contributed by atoms with Gasteiger partial charge in [0.05, 0.1) is 5.56 Å². The third kappa shape index (κ3) is 4.95. The summed E-state index contributed by atoms with van der Waals surface area (Å²) >= 11 is 0. The van der Waals surface area contributed by atoms with E-state index in [4.69, 9.17) is 9.26 Å². The van der Waals surface area contributed by atoms with Gasteiger partial charge in [-0.05, 0) is 43.3 Å². The van der Waals surface area contributed by atoms with E-state index in [1.807, 2.05) is 0 Å². The first-order valence-corrected chi connectivity index (χ1v) is 8.55. The highest BCUT2D eigenvalue weighted by Crippen LogP contribution is 2.22. The Balaban J connectivity index is 1.71. The summed E-state index contributed by atoms with van der Waals surface area (Å²) in [4.78, 5) is 23.6. The van der Waals surface area contributed by atoms with Crippen LogP contribution in [0.1, 0.15) is 28.7 Å². The summed E-state index contributed by atoms with van der Waals surface area (Å²) in [5.41, 5.74) is 1.38. The smallest absolute Gasteiger partial charge is 0.278 e. The Hall–Kier alpha value is -3.75. The van der Waals surface area contributed by atoms with Gasteiger partial charge in [0, 0.05) is 24.4 Å². The third-order valence-corrected chi connectivity index (χ3v) is 3.93. The molecule has 7 nitrogen and oxygen atoms in total. The van der Waals surface area contributed by atoms with Crippen molar-refractivity contribution in [1.82, 2.24) is 5.16 Å². The molecule has 0 radical (unpaired) electrons. The van der Waals surface area contributed by atoms with E-state index in [1.54, 1.807) is 31.2 Å². The summed E-state index contributed by atoms with van der Waals surface area (Å²) in [5.74, 6) is -2.16. The second-order valence-electron chi connectivity index (χ2n) is 6.14. The van der Waals surface area contributed by atoms with Crippen LogP contribution in [-0.4, -0.2) is 17.0 Å². The number of benzene rings is 2. The van der Waals surface area contributed by atoms with Gasteiger partial charge in [-0.3, -0.25) is 9.59 Å². The van der Waals surface area contributed by atoms with E-state index < -0.39 is 17.5 Å². The highest BCUT2D eigenvalue weighted by atomic mass is 19.1. The monoisotopic (exact) mass is 401 g/mol. The molecule has 0 saturated carbocycles. The number of ether oxygens (including phenoxy) is 1. The van der Waals surface area contributed by atoms with Gasteiger partial charge < -0.3 is 19.9 Å². The summed E-state index contributed by atoms with van der Waals surface area (Å²) < 4.78 is 37.1. The van der Waals surface area contributed by atoms with Crippen molar-refractivity contribution >= 4 is 23.2 Å². The molecular weight excluding hydrogens is 384 g/mol. The number of aryl methyl sites for hydroxylation is 1. The van der Waals surface area contributed by atoms with E-state index in [0.717, 1.165) is 12.1 Å². The van der Waals surface area contributed by atoms with E-state index in [0.29, 0.717) is 28.8 Å². The van der Waals surface area contributed by atoms with Crippen LogP contribution in [0.3, 0.4) is 0 Å². The molecule has 0 atom stereocenters. The molecule has 1 aromatic heterocycles. The summed E-state index contributed by atoms with van der Waals surface area (Å²) in [6.45, 7) is 2.79. The first-order chi connectivity index (χ1) is 13.8. The number of anilines is 2. The molecule has 1 heterocycles. The Kier molecular flexibility index (Phi) is 5.87. The third-order valence-electron chi connectivity index (χ3n) is 3.93. The minimum Gasteiger partial charge on any atom is -0.486 e. The summed E-state index contributed by atoms with van der Waals surface area (Å²) in [6, 6.07) is 9.41. The standard InChI is InChI=1S/C20H17F2N3O4/c1-11-16(10-28-18-8-3-13(21)9-17(18)22)19(25-29-11)20(27)24-15-6-4-14(5-7-15)23-12(2)26/h3-9H,10H2,1-2H3,(H,23,26)(H,24,27). The maximum Gasteiger partial charge on any atom is 0.278 e. The Morgan fingerprint density at radius 2 is 1.72 bits per heavy atom. The molecule has 0 saturated heterocycles. The van der Waals surface area contributed by atoms with Crippen molar-refractivity contribution in [3.05, 3.63) is 71.1 Å². The molecule has 0 bridgehead atoms. The van der Waals surface area contributed by atoms with Crippen LogP contribution < -0.4 is 15.4 Å². The first-order valence-electron chi connectivity index (χ1n) is 8.55. The number of carbonyl (C=O) groups is 2. The van der Waals surface area contributed by atoms with Gasteiger partial charge in [-0.15, -0.1) is 0 Å². The van der Waals surface area contributed by atoms with Crippen molar-refractivity contribution in [2.45, 2.75) is 20.5 Å². The Labute approximate surface area is 164 Å². The predicted molar refractivity (Wildman–Crippen MR) is 101 cm³/mol. The quantitative estimate of drug-likeness (QED) is 0.650. The van der Waals surface area contributed by atoms with Crippen LogP contribution in [0.2, 0.25) is 0 Å². The lowest BCUT2D eigenvalue weighted by atomic mass is 10.2. The average molecular weight is 401 g/mol. The highest BCUT2D eigenvalue weighted by molar-refractivity contribution is 6.04. The van der Waals surface area contributed by atoms with Gasteiger partial charge in [0.15, 0.2) is 17.3 Å². The predicted octanol–water partition coefficient (Wildman–Crippen LogP) is 4.05. The molecule has 2 amide bonds. The fourth-order valence-corrected chi connectivity index (χ4v) is 2.51. The Morgan fingerprint density at radius 1 is 1.07 bits per heavy atom. The van der Waals surface area contributed by atoms with Crippen molar-refractivity contribution in [3.63, 3.8) is 0 Å². The van der Waals surface area contributed by atoms with E-state index in [2.05, 4.69) is 15.8 Å². The summed E-state index contributed by atoms with van der Waals surface area (Å²) in [7, 11) is 0. The molecule has 29 heavy (non-hydrogen) atoms. The molecule has 0 aliphatic heterocycles. The number of hydrogen-bond donors (Lipinski definition) is 2. The summed E-state index contributed by atoms with van der Waals surface area (Å²) in [6.07, 6.45) is 0. The van der Waals surface area contributed by atoms with E-state index in [-0.39, 0.29) is 24.0 Å². The lowest BCUT2D eigenvalue weighted by molar-refractivity contribution is -0.114. The number of halogens is 2. The molecule has 3 aromatic rings. The number of nitrogens with one attached hydrogen (secondary N) is 2. The first kappa shape index (κ1) is 20.0. The van der Waals surface area contributed by atoms with E-state index in [1.165, 1.54) is 6.92 Å². The minimum absolute atomic E-state index is 0.0176. The second kappa shape index (κ2) is 8.51. The lowest BCUT2D eigenvalue weighted by Crippen LogP contribution is -2.15. The van der Waals surface area contributed by atoms with Gasteiger partial charge in [0.1, 0.15) is 18.2 Å². The average Bonchev–Trinajstić information content (AvgIpc) is 3.03. The van der Waals surface area contributed by atoms with Crippen LogP contribution >= 0.6 is 0 Å². The number of nitrogens with zero attached hydrogens (tertiary/aromatic N) is 1. The van der Waals surface area contributed by atoms with Crippen molar-refractivity contribution in [3.8, 4) is 5.75 Å². The lowest BCUT2D eigenvalue weighted by Gasteiger charge is -2.09. The SMILES string of the molecule is CC(=O)Nc1ccc(NC(=O)c2noc(C)c2COc2ccc(F)cc2F)cc1. The van der Waals surface area contributed by atoms with Gasteiger partial charge in [-0.2, -0.15) is 0 Å². The molecule has 0 spiro atoms. The van der Waals surface area contributed by atoms with Crippen molar-refractivity contribution in [2.24, 2.45) is 0 Å². The molecule has 3 rings (SSSR count). The molecule has 0 unspecified atom stereocenters. The zero-order valence-corrected chi connectivity index (χ0v) is 15.6. The summed E-state index contributed by atoms with van der Waals surface area (Å²) in [5, 5.41) is 9.02. The molecular formula is C20H17F2N3O4. The molecule has 2 N–H and O–H groups in total. The van der Waals surface area contributed by atoms with Gasteiger partial charge in [0.2, 0.25) is 5.91 Å². The number of aromatic nitrogens is 1. The largest absolute Gasteiger partial charge is 0.486 e. The zero-order chi connectivity index (χ0) is 21.0. The fourth-order valence-electron chi connectivity index (χ4n) is 2.51. The van der Waals surface area contributed by atoms with Crippen LogP contribution in [0, 0.1) is 18.6 Å². The minimum atomic E-state index is -0.857. The molecule has 0 aliphatic rings. The van der Waals surface area contributed by atoms with Gasteiger partial charge in [0.25, 0.3) is 5.91 Å². The van der Waals surface area contributed by atoms with Crippen LogP contribution in [-0.2, 0) is 11.4 Å². The molecule has 150 valence electrons. The van der Waals surface area contributed by atoms with Crippen molar-refractivity contribution in [2.75, 3.05) is 10.6 Å². The van der Waals surface area contributed by atoms with E-state index >= 15 is 0 Å². The normalized spacial score (nSPS) is 10.5. The molecule has 9 heteroatoms.